The van der Waals surface area contributed by atoms with Gasteiger partial charge in [0.05, 0.1) is 0 Å². The van der Waals surface area contributed by atoms with Crippen molar-refractivity contribution < 1.29 is 0 Å². The van der Waals surface area contributed by atoms with E-state index in [-0.39, 0.29) is 0 Å². The summed E-state index contributed by atoms with van der Waals surface area (Å²) in [5.41, 5.74) is 1.68. The smallest absolute Gasteiger partial charge is 0.0186 e. The van der Waals surface area contributed by atoms with Crippen LogP contribution in [0.25, 0.3) is 0 Å². The van der Waals surface area contributed by atoms with Crippen molar-refractivity contribution >= 4 is 0 Å². The van der Waals surface area contributed by atoms with Crippen LogP contribution in [0.5, 0.6) is 0 Å². The van der Waals surface area contributed by atoms with E-state index in [4.69, 9.17) is 0 Å². The number of unbranched alkanes of at least 4 members (excludes halogenated alkanes) is 19. The van der Waals surface area contributed by atoms with E-state index in [1.807, 2.05) is 0 Å². The van der Waals surface area contributed by atoms with E-state index < -0.39 is 0 Å². The SMILES string of the molecule is CCCCC/C=C\CCCCCCCCCCC/C=C(/CCCCCCCCC)CN(C)C. The van der Waals surface area contributed by atoms with E-state index in [2.05, 4.69) is 51.1 Å². The van der Waals surface area contributed by atoms with Crippen LogP contribution in [-0.2, 0) is 0 Å². The van der Waals surface area contributed by atoms with E-state index in [1.165, 1.54) is 148 Å². The lowest BCUT2D eigenvalue weighted by molar-refractivity contribution is 0.435. The molecule has 0 saturated heterocycles. The van der Waals surface area contributed by atoms with Crippen LogP contribution < -0.4 is 0 Å². The molecule has 0 bridgehead atoms. The van der Waals surface area contributed by atoms with Crippen LogP contribution >= 0.6 is 0 Å². The highest BCUT2D eigenvalue weighted by molar-refractivity contribution is 5.04. The Labute approximate surface area is 210 Å². The van der Waals surface area contributed by atoms with Crippen molar-refractivity contribution in [2.24, 2.45) is 0 Å². The third-order valence-corrected chi connectivity index (χ3v) is 6.77. The van der Waals surface area contributed by atoms with Gasteiger partial charge in [-0.05, 0) is 65.5 Å². The number of hydrogen-bond donors (Lipinski definition) is 0. The van der Waals surface area contributed by atoms with Crippen LogP contribution in [0.2, 0.25) is 0 Å². The molecule has 1 nitrogen and oxygen atoms in total. The van der Waals surface area contributed by atoms with Crippen molar-refractivity contribution in [1.29, 1.82) is 0 Å². The van der Waals surface area contributed by atoms with Crippen molar-refractivity contribution in [3.63, 3.8) is 0 Å². The van der Waals surface area contributed by atoms with E-state index >= 15 is 0 Å². The number of allylic oxidation sites excluding steroid dienone is 3. The molecule has 0 amide bonds. The fraction of sp³-hybridized carbons (Fsp3) is 0.875. The Kier molecular flexibility index (Phi) is 27.2. The Bertz CT molecular complexity index is 420. The van der Waals surface area contributed by atoms with E-state index in [0.717, 1.165) is 6.54 Å². The second-order valence-electron chi connectivity index (χ2n) is 10.7. The summed E-state index contributed by atoms with van der Waals surface area (Å²) in [6.07, 6.45) is 39.5. The van der Waals surface area contributed by atoms with E-state index in [0.29, 0.717) is 0 Å². The van der Waals surface area contributed by atoms with Crippen molar-refractivity contribution in [3.8, 4) is 0 Å². The molecule has 33 heavy (non-hydrogen) atoms. The lowest BCUT2D eigenvalue weighted by Crippen LogP contribution is -2.15. The summed E-state index contributed by atoms with van der Waals surface area (Å²) in [5, 5.41) is 0. The van der Waals surface area contributed by atoms with Crippen LogP contribution in [-0.4, -0.2) is 25.5 Å². The van der Waals surface area contributed by atoms with Gasteiger partial charge < -0.3 is 4.90 Å². The molecule has 0 aromatic carbocycles. The zero-order valence-electron chi connectivity index (χ0n) is 23.6. The highest BCUT2D eigenvalue weighted by Gasteiger charge is 2.01. The first-order chi connectivity index (χ1) is 16.2. The average molecular weight is 462 g/mol. The molecule has 0 unspecified atom stereocenters. The number of likely N-dealkylation sites (N-methyl/N-ethyl adjacent to an activating group) is 1. The Balaban J connectivity index is 3.57. The monoisotopic (exact) mass is 461 g/mol. The maximum absolute atomic E-state index is 2.58. The molecular formula is C32H63N. The molecule has 0 aliphatic carbocycles. The van der Waals surface area contributed by atoms with Gasteiger partial charge in [0.1, 0.15) is 0 Å². The van der Waals surface area contributed by atoms with Crippen LogP contribution in [0, 0.1) is 0 Å². The van der Waals surface area contributed by atoms with Crippen LogP contribution in [0.15, 0.2) is 23.8 Å². The third-order valence-electron chi connectivity index (χ3n) is 6.77. The largest absolute Gasteiger partial charge is 0.305 e. The van der Waals surface area contributed by atoms with Gasteiger partial charge in [0, 0.05) is 6.54 Å². The van der Waals surface area contributed by atoms with Gasteiger partial charge in [-0.3, -0.25) is 0 Å². The Morgan fingerprint density at radius 2 is 0.879 bits per heavy atom. The van der Waals surface area contributed by atoms with Gasteiger partial charge in [-0.25, -0.2) is 0 Å². The molecule has 0 atom stereocenters. The molecule has 0 aliphatic heterocycles. The minimum absolute atomic E-state index is 1.16. The van der Waals surface area contributed by atoms with Gasteiger partial charge in [-0.1, -0.05) is 134 Å². The minimum Gasteiger partial charge on any atom is -0.305 e. The number of hydrogen-bond acceptors (Lipinski definition) is 1. The maximum atomic E-state index is 2.58. The molecule has 0 spiro atoms. The zero-order valence-corrected chi connectivity index (χ0v) is 23.6. The zero-order chi connectivity index (χ0) is 24.2. The molecule has 0 aromatic rings. The van der Waals surface area contributed by atoms with Crippen molar-refractivity contribution in [1.82, 2.24) is 4.90 Å². The van der Waals surface area contributed by atoms with Crippen LogP contribution in [0.3, 0.4) is 0 Å². The van der Waals surface area contributed by atoms with Gasteiger partial charge in [0.25, 0.3) is 0 Å². The van der Waals surface area contributed by atoms with Gasteiger partial charge in [-0.15, -0.1) is 0 Å². The fourth-order valence-corrected chi connectivity index (χ4v) is 4.66. The van der Waals surface area contributed by atoms with Crippen molar-refractivity contribution in [2.45, 2.75) is 162 Å². The Morgan fingerprint density at radius 1 is 0.485 bits per heavy atom. The normalized spacial score (nSPS) is 12.5. The van der Waals surface area contributed by atoms with Crippen LogP contribution in [0.1, 0.15) is 162 Å². The summed E-state index contributed by atoms with van der Waals surface area (Å²) in [4.78, 5) is 2.34. The highest BCUT2D eigenvalue weighted by atomic mass is 15.0. The molecular weight excluding hydrogens is 398 g/mol. The number of rotatable bonds is 26. The molecule has 0 saturated carbocycles. The number of nitrogens with zero attached hydrogens (tertiary/aromatic N) is 1. The summed E-state index contributed by atoms with van der Waals surface area (Å²) >= 11 is 0. The molecule has 0 aliphatic rings. The third kappa shape index (κ3) is 27.6. The quantitative estimate of drug-likeness (QED) is 0.0914. The van der Waals surface area contributed by atoms with Crippen molar-refractivity contribution in [2.75, 3.05) is 20.6 Å². The molecule has 0 radical (unpaired) electrons. The molecule has 0 fully saturated rings. The second kappa shape index (κ2) is 27.7. The maximum Gasteiger partial charge on any atom is 0.0186 e. The first kappa shape index (κ1) is 32.4. The Morgan fingerprint density at radius 3 is 1.39 bits per heavy atom. The fourth-order valence-electron chi connectivity index (χ4n) is 4.66. The minimum atomic E-state index is 1.16. The first-order valence-electron chi connectivity index (χ1n) is 15.2. The molecule has 0 N–H and O–H groups in total. The molecule has 196 valence electrons. The standard InChI is InChI=1S/C32H63N/c1-5-7-9-11-13-14-15-16-17-18-19-20-21-22-24-26-28-30-32(31-33(3)4)29-27-25-23-12-10-8-6-2/h13-14,30H,5-12,15-29,31H2,1-4H3/b14-13-,32-30-. The second-order valence-corrected chi connectivity index (χ2v) is 10.7. The predicted octanol–water partition coefficient (Wildman–Crippen LogP) is 11.0. The van der Waals surface area contributed by atoms with Crippen LogP contribution in [0.4, 0.5) is 0 Å². The topological polar surface area (TPSA) is 3.24 Å². The molecule has 0 rings (SSSR count). The summed E-state index contributed by atoms with van der Waals surface area (Å²) in [6, 6.07) is 0. The summed E-state index contributed by atoms with van der Waals surface area (Å²) in [7, 11) is 4.42. The highest BCUT2D eigenvalue weighted by Crippen LogP contribution is 2.16. The lowest BCUT2D eigenvalue weighted by atomic mass is 10.0. The summed E-state index contributed by atoms with van der Waals surface area (Å²) in [6.45, 7) is 5.74. The molecule has 1 heteroatoms. The average Bonchev–Trinajstić information content (AvgIpc) is 2.80. The van der Waals surface area contributed by atoms with Gasteiger partial charge >= 0.3 is 0 Å². The van der Waals surface area contributed by atoms with E-state index in [1.54, 1.807) is 5.57 Å². The lowest BCUT2D eigenvalue weighted by Gasteiger charge is -2.14. The van der Waals surface area contributed by atoms with E-state index in [9.17, 15) is 0 Å². The van der Waals surface area contributed by atoms with Gasteiger partial charge in [0.15, 0.2) is 0 Å². The van der Waals surface area contributed by atoms with Crippen molar-refractivity contribution in [3.05, 3.63) is 23.8 Å². The molecule has 0 aromatic heterocycles. The summed E-state index contributed by atoms with van der Waals surface area (Å²) in [5.74, 6) is 0. The predicted molar refractivity (Wildman–Crippen MR) is 153 cm³/mol. The van der Waals surface area contributed by atoms with Gasteiger partial charge in [-0.2, -0.15) is 0 Å². The van der Waals surface area contributed by atoms with Gasteiger partial charge in [0.2, 0.25) is 0 Å². The first-order valence-corrected chi connectivity index (χ1v) is 15.2. The molecule has 0 heterocycles. The Hall–Kier alpha value is -0.560. The summed E-state index contributed by atoms with van der Waals surface area (Å²) < 4.78 is 0.